The molecule has 1 saturated heterocycles. The molecule has 1 fully saturated rings. The van der Waals surface area contributed by atoms with E-state index < -0.39 is 0 Å². The predicted molar refractivity (Wildman–Crippen MR) is 77.3 cm³/mol. The van der Waals surface area contributed by atoms with Gasteiger partial charge in [-0.05, 0) is 12.5 Å². The fourth-order valence-corrected chi connectivity index (χ4v) is 2.49. The van der Waals surface area contributed by atoms with Gasteiger partial charge in [0.1, 0.15) is 0 Å². The average molecular weight is 280 g/mol. The summed E-state index contributed by atoms with van der Waals surface area (Å²) >= 11 is 1.81. The predicted octanol–water partition coefficient (Wildman–Crippen LogP) is 2.24. The minimum atomic E-state index is 0.141. The van der Waals surface area contributed by atoms with Crippen LogP contribution in [-0.2, 0) is 11.3 Å². The number of unbranched alkanes of at least 4 members (excludes halogenated alkanes) is 1. The molecular weight excluding hydrogens is 260 g/mol. The van der Waals surface area contributed by atoms with Crippen molar-refractivity contribution in [3.63, 3.8) is 0 Å². The summed E-state index contributed by atoms with van der Waals surface area (Å²) in [7, 11) is 0. The molecule has 1 aliphatic rings. The molecule has 5 heteroatoms. The van der Waals surface area contributed by atoms with Crippen LogP contribution < -0.4 is 10.1 Å². The zero-order chi connectivity index (χ0) is 13.5. The summed E-state index contributed by atoms with van der Waals surface area (Å²) in [5.41, 5.74) is 0.943. The number of nitrogens with one attached hydrogen (secondary N) is 1. The molecule has 0 saturated carbocycles. The first kappa shape index (κ1) is 14.2. The van der Waals surface area contributed by atoms with E-state index in [0.717, 1.165) is 29.9 Å². The molecule has 0 radical (unpaired) electrons. The number of thioether (sulfide) groups is 1. The highest BCUT2D eigenvalue weighted by Crippen LogP contribution is 2.24. The summed E-state index contributed by atoms with van der Waals surface area (Å²) in [6.45, 7) is 3.29. The highest BCUT2D eigenvalue weighted by atomic mass is 32.2. The smallest absolute Gasteiger partial charge is 0.225 e. The first-order valence-electron chi connectivity index (χ1n) is 6.73. The second kappa shape index (κ2) is 7.38. The third-order valence-electron chi connectivity index (χ3n) is 3.05. The molecule has 104 valence electrons. The molecule has 0 spiro atoms. The average Bonchev–Trinajstić information content (AvgIpc) is 2.36. The van der Waals surface area contributed by atoms with Gasteiger partial charge in [-0.25, -0.2) is 4.98 Å². The molecule has 0 aromatic carbocycles. The summed E-state index contributed by atoms with van der Waals surface area (Å²) in [6.07, 6.45) is 3.83. The van der Waals surface area contributed by atoms with E-state index in [1.807, 2.05) is 23.9 Å². The maximum atomic E-state index is 11.8. The Morgan fingerprint density at radius 1 is 1.58 bits per heavy atom. The first-order chi connectivity index (χ1) is 9.31. The van der Waals surface area contributed by atoms with Crippen molar-refractivity contribution in [1.29, 1.82) is 0 Å². The van der Waals surface area contributed by atoms with Gasteiger partial charge in [-0.3, -0.25) is 4.79 Å². The second-order valence-electron chi connectivity index (χ2n) is 4.62. The molecule has 0 bridgehead atoms. The SMILES string of the molecule is CCCCOc1ncccc1CNC(=O)C1CSC1. The lowest BCUT2D eigenvalue weighted by molar-refractivity contribution is -0.124. The van der Waals surface area contributed by atoms with E-state index in [1.165, 1.54) is 0 Å². The molecule has 1 aliphatic heterocycles. The highest BCUT2D eigenvalue weighted by molar-refractivity contribution is 8.00. The van der Waals surface area contributed by atoms with Gasteiger partial charge < -0.3 is 10.1 Å². The van der Waals surface area contributed by atoms with Gasteiger partial charge in [0.05, 0.1) is 12.5 Å². The van der Waals surface area contributed by atoms with Gasteiger partial charge in [0.25, 0.3) is 0 Å². The van der Waals surface area contributed by atoms with Crippen molar-refractivity contribution < 1.29 is 9.53 Å². The van der Waals surface area contributed by atoms with Gasteiger partial charge >= 0.3 is 0 Å². The molecule has 1 N–H and O–H groups in total. The number of pyridine rings is 1. The number of hydrogen-bond acceptors (Lipinski definition) is 4. The number of carbonyl (C=O) groups is 1. The molecule has 0 atom stereocenters. The summed E-state index contributed by atoms with van der Waals surface area (Å²) < 4.78 is 5.64. The Morgan fingerprint density at radius 2 is 2.42 bits per heavy atom. The van der Waals surface area contributed by atoms with Crippen LogP contribution in [0.5, 0.6) is 5.88 Å². The number of amides is 1. The van der Waals surface area contributed by atoms with Crippen molar-refractivity contribution >= 4 is 17.7 Å². The summed E-state index contributed by atoms with van der Waals surface area (Å²) in [4.78, 5) is 16.0. The largest absolute Gasteiger partial charge is 0.477 e. The topological polar surface area (TPSA) is 51.2 Å². The molecule has 1 aromatic rings. The van der Waals surface area contributed by atoms with Crippen LogP contribution in [0.4, 0.5) is 0 Å². The molecule has 4 nitrogen and oxygen atoms in total. The molecule has 19 heavy (non-hydrogen) atoms. The number of aromatic nitrogens is 1. The second-order valence-corrected chi connectivity index (χ2v) is 5.70. The standard InChI is InChI=1S/C14H20N2O2S/c1-2-3-7-18-14-11(5-4-6-15-14)8-16-13(17)12-9-19-10-12/h4-6,12H,2-3,7-10H2,1H3,(H,16,17). The Morgan fingerprint density at radius 3 is 3.11 bits per heavy atom. The van der Waals surface area contributed by atoms with Gasteiger partial charge in [0.15, 0.2) is 0 Å². The maximum Gasteiger partial charge on any atom is 0.225 e. The zero-order valence-corrected chi connectivity index (χ0v) is 12.0. The van der Waals surface area contributed by atoms with E-state index in [0.29, 0.717) is 19.0 Å². The fraction of sp³-hybridized carbons (Fsp3) is 0.571. The van der Waals surface area contributed by atoms with E-state index in [-0.39, 0.29) is 11.8 Å². The molecule has 1 amide bonds. The fourth-order valence-electron chi connectivity index (χ4n) is 1.72. The molecule has 2 heterocycles. The van der Waals surface area contributed by atoms with Gasteiger partial charge in [-0.15, -0.1) is 0 Å². The Balaban J connectivity index is 1.85. The van der Waals surface area contributed by atoms with Gasteiger partial charge in [-0.1, -0.05) is 19.4 Å². The lowest BCUT2D eigenvalue weighted by Crippen LogP contribution is -2.37. The third-order valence-corrected chi connectivity index (χ3v) is 4.32. The molecular formula is C14H20N2O2S. The Labute approximate surface area is 118 Å². The minimum Gasteiger partial charge on any atom is -0.477 e. The van der Waals surface area contributed by atoms with Crippen LogP contribution in [0.3, 0.4) is 0 Å². The summed E-state index contributed by atoms with van der Waals surface area (Å²) in [5, 5.41) is 2.96. The van der Waals surface area contributed by atoms with Crippen molar-refractivity contribution in [3.05, 3.63) is 23.9 Å². The number of ether oxygens (including phenoxy) is 1. The number of nitrogens with zero attached hydrogens (tertiary/aromatic N) is 1. The van der Waals surface area contributed by atoms with Crippen molar-refractivity contribution in [3.8, 4) is 5.88 Å². The van der Waals surface area contributed by atoms with Crippen molar-refractivity contribution in [2.45, 2.75) is 26.3 Å². The van der Waals surface area contributed by atoms with E-state index in [9.17, 15) is 4.79 Å². The third kappa shape index (κ3) is 4.13. The first-order valence-corrected chi connectivity index (χ1v) is 7.89. The minimum absolute atomic E-state index is 0.141. The highest BCUT2D eigenvalue weighted by Gasteiger charge is 2.25. The molecule has 0 aliphatic carbocycles. The Hall–Kier alpha value is -1.23. The van der Waals surface area contributed by atoms with E-state index in [2.05, 4.69) is 17.2 Å². The Bertz CT molecular complexity index is 422. The number of hydrogen-bond donors (Lipinski definition) is 1. The quantitative estimate of drug-likeness (QED) is 0.778. The lowest BCUT2D eigenvalue weighted by Gasteiger charge is -2.23. The van der Waals surface area contributed by atoms with Crippen molar-refractivity contribution in [2.75, 3.05) is 18.1 Å². The van der Waals surface area contributed by atoms with Gasteiger partial charge in [-0.2, -0.15) is 11.8 Å². The van der Waals surface area contributed by atoms with Crippen LogP contribution in [0, 0.1) is 5.92 Å². The maximum absolute atomic E-state index is 11.8. The normalized spacial score (nSPS) is 14.8. The van der Waals surface area contributed by atoms with Crippen LogP contribution in [0.1, 0.15) is 25.3 Å². The van der Waals surface area contributed by atoms with E-state index in [1.54, 1.807) is 6.20 Å². The van der Waals surface area contributed by atoms with Crippen LogP contribution in [0.25, 0.3) is 0 Å². The van der Waals surface area contributed by atoms with Crippen molar-refractivity contribution in [2.24, 2.45) is 5.92 Å². The lowest BCUT2D eigenvalue weighted by atomic mass is 10.2. The summed E-state index contributed by atoms with van der Waals surface area (Å²) in [5.74, 6) is 2.85. The number of rotatable bonds is 7. The van der Waals surface area contributed by atoms with Gasteiger partial charge in [0.2, 0.25) is 11.8 Å². The monoisotopic (exact) mass is 280 g/mol. The van der Waals surface area contributed by atoms with Gasteiger partial charge in [0, 0.05) is 29.8 Å². The Kier molecular flexibility index (Phi) is 5.51. The van der Waals surface area contributed by atoms with Crippen LogP contribution in [0.15, 0.2) is 18.3 Å². The molecule has 0 unspecified atom stereocenters. The van der Waals surface area contributed by atoms with Crippen LogP contribution >= 0.6 is 11.8 Å². The van der Waals surface area contributed by atoms with E-state index >= 15 is 0 Å². The van der Waals surface area contributed by atoms with Crippen molar-refractivity contribution in [1.82, 2.24) is 10.3 Å². The van der Waals surface area contributed by atoms with E-state index in [4.69, 9.17) is 4.74 Å². The molecule has 1 aromatic heterocycles. The number of carbonyl (C=O) groups excluding carboxylic acids is 1. The van der Waals surface area contributed by atoms with Crippen LogP contribution in [0.2, 0.25) is 0 Å². The van der Waals surface area contributed by atoms with Crippen LogP contribution in [-0.4, -0.2) is 29.0 Å². The summed E-state index contributed by atoms with van der Waals surface area (Å²) in [6, 6.07) is 3.82. The zero-order valence-electron chi connectivity index (χ0n) is 11.2. The molecule has 2 rings (SSSR count).